The van der Waals surface area contributed by atoms with Crippen molar-refractivity contribution < 1.29 is 0 Å². The molecule has 4 heteroatoms. The number of rotatable bonds is 1. The molecule has 0 aliphatic rings. The van der Waals surface area contributed by atoms with Crippen LogP contribution >= 0.6 is 0 Å². The molecule has 1 heterocycles. The van der Waals surface area contributed by atoms with Crippen LogP contribution in [0.4, 0.5) is 5.69 Å². The number of hydrogen-bond donors (Lipinski definition) is 2. The van der Waals surface area contributed by atoms with Gasteiger partial charge in [-0.1, -0.05) is 12.1 Å². The van der Waals surface area contributed by atoms with Gasteiger partial charge in [0.05, 0.1) is 11.0 Å². The van der Waals surface area contributed by atoms with Gasteiger partial charge in [0, 0.05) is 11.3 Å². The molecule has 1 aromatic heterocycles. The maximum Gasteiger partial charge on any atom is 0.159 e. The predicted octanol–water partition coefficient (Wildman–Crippen LogP) is 2.00. The van der Waals surface area contributed by atoms with Gasteiger partial charge in [-0.3, -0.25) is 0 Å². The average molecular weight is 224 g/mol. The molecule has 4 nitrogen and oxygen atoms in total. The Bertz CT molecular complexity index is 667. The van der Waals surface area contributed by atoms with E-state index < -0.39 is 0 Å². The van der Waals surface area contributed by atoms with E-state index in [2.05, 4.69) is 4.98 Å². The van der Waals surface area contributed by atoms with Crippen molar-refractivity contribution in [2.75, 3.05) is 11.6 Å². The van der Waals surface area contributed by atoms with Crippen molar-refractivity contribution in [3.63, 3.8) is 0 Å². The van der Waals surface area contributed by atoms with Crippen LogP contribution in [0.15, 0.2) is 48.5 Å². The molecule has 84 valence electrons. The molecule has 0 saturated carbocycles. The standard InChI is InChI=1S/C13H12N4/c14-10-7-5-9(6-8-10)13-16-11-3-1-2-4-12(11)17(13)15/h1-8H,14-15H2. The molecule has 3 aromatic rings. The molecule has 3 rings (SSSR count). The molecule has 0 amide bonds. The van der Waals surface area contributed by atoms with Gasteiger partial charge < -0.3 is 11.6 Å². The van der Waals surface area contributed by atoms with Crippen LogP contribution in [0, 0.1) is 0 Å². The zero-order chi connectivity index (χ0) is 11.8. The van der Waals surface area contributed by atoms with E-state index in [1.807, 2.05) is 48.5 Å². The normalized spacial score (nSPS) is 10.8. The maximum atomic E-state index is 6.03. The van der Waals surface area contributed by atoms with Crippen LogP contribution in [0.25, 0.3) is 22.4 Å². The van der Waals surface area contributed by atoms with E-state index in [1.54, 1.807) is 4.68 Å². The van der Waals surface area contributed by atoms with Crippen LogP contribution in [-0.2, 0) is 0 Å². The van der Waals surface area contributed by atoms with Crippen molar-refractivity contribution in [3.05, 3.63) is 48.5 Å². The summed E-state index contributed by atoms with van der Waals surface area (Å²) < 4.78 is 1.60. The lowest BCUT2D eigenvalue weighted by molar-refractivity contribution is 1.05. The van der Waals surface area contributed by atoms with Gasteiger partial charge in [-0.15, -0.1) is 0 Å². The van der Waals surface area contributed by atoms with Crippen LogP contribution in [0.2, 0.25) is 0 Å². The fourth-order valence-corrected chi connectivity index (χ4v) is 1.88. The van der Waals surface area contributed by atoms with Crippen molar-refractivity contribution in [2.24, 2.45) is 0 Å². The lowest BCUT2D eigenvalue weighted by Crippen LogP contribution is -2.09. The van der Waals surface area contributed by atoms with Crippen molar-refractivity contribution >= 4 is 16.7 Å². The summed E-state index contributed by atoms with van der Waals surface area (Å²) in [5, 5.41) is 0. The first-order valence-electron chi connectivity index (χ1n) is 5.34. The second-order valence-corrected chi connectivity index (χ2v) is 3.92. The summed E-state index contributed by atoms with van der Waals surface area (Å²) in [6.45, 7) is 0. The van der Waals surface area contributed by atoms with E-state index in [-0.39, 0.29) is 0 Å². The van der Waals surface area contributed by atoms with E-state index in [4.69, 9.17) is 11.6 Å². The largest absolute Gasteiger partial charge is 0.399 e. The Morgan fingerprint density at radius 3 is 2.35 bits per heavy atom. The lowest BCUT2D eigenvalue weighted by atomic mass is 10.2. The molecular formula is C13H12N4. The molecule has 0 spiro atoms. The second kappa shape index (κ2) is 3.52. The summed E-state index contributed by atoms with van der Waals surface area (Å²) in [7, 11) is 0. The number of para-hydroxylation sites is 2. The molecule has 4 N–H and O–H groups in total. The van der Waals surface area contributed by atoms with E-state index >= 15 is 0 Å². The highest BCUT2D eigenvalue weighted by atomic mass is 15.3. The zero-order valence-electron chi connectivity index (χ0n) is 9.17. The summed E-state index contributed by atoms with van der Waals surface area (Å²) in [6, 6.07) is 15.3. The second-order valence-electron chi connectivity index (χ2n) is 3.92. The van der Waals surface area contributed by atoms with E-state index in [0.717, 1.165) is 28.1 Å². The highest BCUT2D eigenvalue weighted by molar-refractivity contribution is 5.80. The van der Waals surface area contributed by atoms with Gasteiger partial charge in [-0.25, -0.2) is 9.66 Å². The summed E-state index contributed by atoms with van der Waals surface area (Å²) >= 11 is 0. The first-order valence-corrected chi connectivity index (χ1v) is 5.34. The summed E-state index contributed by atoms with van der Waals surface area (Å²) in [5.74, 6) is 6.77. The minimum atomic E-state index is 0.730. The van der Waals surface area contributed by atoms with Crippen molar-refractivity contribution in [2.45, 2.75) is 0 Å². The summed E-state index contributed by atoms with van der Waals surface area (Å²) in [6.07, 6.45) is 0. The van der Waals surface area contributed by atoms with Crippen LogP contribution in [0.1, 0.15) is 0 Å². The zero-order valence-corrected chi connectivity index (χ0v) is 9.17. The number of fused-ring (bicyclic) bond motifs is 1. The van der Waals surface area contributed by atoms with Crippen LogP contribution < -0.4 is 11.6 Å². The third-order valence-corrected chi connectivity index (χ3v) is 2.76. The molecule has 0 fully saturated rings. The minimum Gasteiger partial charge on any atom is -0.399 e. The fraction of sp³-hybridized carbons (Fsp3) is 0. The maximum absolute atomic E-state index is 6.03. The molecule has 0 bridgehead atoms. The monoisotopic (exact) mass is 224 g/mol. The van der Waals surface area contributed by atoms with Gasteiger partial charge >= 0.3 is 0 Å². The Hall–Kier alpha value is -2.49. The molecular weight excluding hydrogens is 212 g/mol. The summed E-state index contributed by atoms with van der Waals surface area (Å²) in [4.78, 5) is 4.51. The van der Waals surface area contributed by atoms with Gasteiger partial charge in [0.15, 0.2) is 5.82 Å². The Balaban J connectivity index is 2.24. The minimum absolute atomic E-state index is 0.730. The van der Waals surface area contributed by atoms with Gasteiger partial charge in [0.25, 0.3) is 0 Å². The van der Waals surface area contributed by atoms with Crippen LogP contribution in [0.5, 0.6) is 0 Å². The average Bonchev–Trinajstić information content (AvgIpc) is 2.69. The first-order chi connectivity index (χ1) is 8.25. The predicted molar refractivity (Wildman–Crippen MR) is 69.7 cm³/mol. The van der Waals surface area contributed by atoms with Gasteiger partial charge in [-0.05, 0) is 36.4 Å². The van der Waals surface area contributed by atoms with Crippen molar-refractivity contribution in [1.82, 2.24) is 9.66 Å². The molecule has 17 heavy (non-hydrogen) atoms. The van der Waals surface area contributed by atoms with E-state index in [1.165, 1.54) is 0 Å². The number of imidazole rings is 1. The Morgan fingerprint density at radius 1 is 0.941 bits per heavy atom. The van der Waals surface area contributed by atoms with Crippen LogP contribution in [-0.4, -0.2) is 9.66 Å². The lowest BCUT2D eigenvalue weighted by Gasteiger charge is -2.02. The number of benzene rings is 2. The molecule has 0 atom stereocenters. The number of hydrogen-bond acceptors (Lipinski definition) is 3. The number of nitrogen functional groups attached to an aromatic ring is 2. The smallest absolute Gasteiger partial charge is 0.159 e. The molecule has 0 saturated heterocycles. The van der Waals surface area contributed by atoms with Crippen molar-refractivity contribution in [1.29, 1.82) is 0 Å². The highest BCUT2D eigenvalue weighted by Crippen LogP contribution is 2.22. The van der Waals surface area contributed by atoms with Gasteiger partial charge in [-0.2, -0.15) is 0 Å². The molecule has 0 unspecified atom stereocenters. The number of anilines is 1. The highest BCUT2D eigenvalue weighted by Gasteiger charge is 2.09. The van der Waals surface area contributed by atoms with Crippen LogP contribution in [0.3, 0.4) is 0 Å². The Morgan fingerprint density at radius 2 is 1.65 bits per heavy atom. The van der Waals surface area contributed by atoms with E-state index in [0.29, 0.717) is 0 Å². The van der Waals surface area contributed by atoms with Gasteiger partial charge in [0.2, 0.25) is 0 Å². The quantitative estimate of drug-likeness (QED) is 0.490. The summed E-state index contributed by atoms with van der Waals surface area (Å²) in [5.41, 5.74) is 9.15. The van der Waals surface area contributed by atoms with Crippen molar-refractivity contribution in [3.8, 4) is 11.4 Å². The molecule has 2 aromatic carbocycles. The SMILES string of the molecule is Nc1ccc(-c2nc3ccccc3n2N)cc1. The fourth-order valence-electron chi connectivity index (χ4n) is 1.88. The third kappa shape index (κ3) is 1.50. The molecule has 0 aliphatic heterocycles. The first kappa shape index (κ1) is 9.72. The number of aromatic nitrogens is 2. The number of nitrogens with two attached hydrogens (primary N) is 2. The third-order valence-electron chi connectivity index (χ3n) is 2.76. The van der Waals surface area contributed by atoms with E-state index in [9.17, 15) is 0 Å². The molecule has 0 radical (unpaired) electrons. The number of nitrogens with zero attached hydrogens (tertiary/aromatic N) is 2. The Kier molecular flexibility index (Phi) is 2.01. The molecule has 0 aliphatic carbocycles. The topological polar surface area (TPSA) is 69.9 Å². The Labute approximate surface area is 98.5 Å². The van der Waals surface area contributed by atoms with Gasteiger partial charge in [0.1, 0.15) is 0 Å².